The molecule has 94 valence electrons. The van der Waals surface area contributed by atoms with Crippen LogP contribution in [0.5, 0.6) is 0 Å². The number of carbonyl (C=O) groups is 1. The van der Waals surface area contributed by atoms with Gasteiger partial charge >= 0.3 is 5.97 Å². The molecule has 0 aliphatic carbocycles. The Morgan fingerprint density at radius 3 is 2.53 bits per heavy atom. The van der Waals surface area contributed by atoms with E-state index in [1.807, 2.05) is 0 Å². The number of ether oxygens (including phenoxy) is 1. The number of methoxy groups -OCH3 is 1. The Morgan fingerprint density at radius 1 is 1.35 bits per heavy atom. The van der Waals surface area contributed by atoms with Crippen LogP contribution in [0.15, 0.2) is 23.1 Å². The molecule has 0 atom stereocenters. The van der Waals surface area contributed by atoms with Crippen LogP contribution in [0.4, 0.5) is 0 Å². The summed E-state index contributed by atoms with van der Waals surface area (Å²) in [5, 5.41) is 0. The number of carbonyl (C=O) groups excluding carboxylic acids is 1. The van der Waals surface area contributed by atoms with Crippen LogP contribution in [0.2, 0.25) is 0 Å². The van der Waals surface area contributed by atoms with Gasteiger partial charge in [-0.15, -0.1) is 11.8 Å². The summed E-state index contributed by atoms with van der Waals surface area (Å²) in [4.78, 5) is 12.3. The van der Waals surface area contributed by atoms with Crippen LogP contribution in [0, 0.1) is 6.92 Å². The van der Waals surface area contributed by atoms with Crippen molar-refractivity contribution in [3.8, 4) is 0 Å². The fourth-order valence-electron chi connectivity index (χ4n) is 1.42. The lowest BCUT2D eigenvalue weighted by Gasteiger charge is -2.20. The number of hydrogen-bond acceptors (Lipinski definition) is 3. The van der Waals surface area contributed by atoms with Gasteiger partial charge < -0.3 is 4.74 Å². The van der Waals surface area contributed by atoms with Crippen molar-refractivity contribution >= 4 is 17.7 Å². The summed E-state index contributed by atoms with van der Waals surface area (Å²) in [6.45, 7) is 8.62. The highest BCUT2D eigenvalue weighted by atomic mass is 32.2. The molecule has 3 heteroatoms. The minimum atomic E-state index is -0.185. The standard InChI is InChI=1S/C14H20O2S/c1-10-6-7-11(14(2,3)4)8-12(10)17-9-13(15)16-5/h6-8H,9H2,1-5H3. The second-order valence-electron chi connectivity index (χ2n) is 5.10. The third-order valence-corrected chi connectivity index (χ3v) is 3.76. The van der Waals surface area contributed by atoms with Gasteiger partial charge in [-0.05, 0) is 29.5 Å². The normalized spacial score (nSPS) is 11.4. The number of esters is 1. The summed E-state index contributed by atoms with van der Waals surface area (Å²) >= 11 is 1.54. The molecule has 2 nitrogen and oxygen atoms in total. The number of benzene rings is 1. The average molecular weight is 252 g/mol. The van der Waals surface area contributed by atoms with Crippen molar-refractivity contribution < 1.29 is 9.53 Å². The van der Waals surface area contributed by atoms with Crippen LogP contribution in [0.1, 0.15) is 31.9 Å². The third-order valence-electron chi connectivity index (χ3n) is 2.63. The molecule has 0 N–H and O–H groups in total. The monoisotopic (exact) mass is 252 g/mol. The zero-order chi connectivity index (χ0) is 13.1. The van der Waals surface area contributed by atoms with Crippen molar-refractivity contribution in [3.05, 3.63) is 29.3 Å². The highest BCUT2D eigenvalue weighted by Gasteiger charge is 2.15. The Bertz CT molecular complexity index is 405. The van der Waals surface area contributed by atoms with E-state index in [0.29, 0.717) is 5.75 Å². The molecule has 0 spiro atoms. The maximum atomic E-state index is 11.1. The van der Waals surface area contributed by atoms with E-state index in [1.165, 1.54) is 30.0 Å². The average Bonchev–Trinajstić information content (AvgIpc) is 2.26. The Labute approximate surface area is 108 Å². The first kappa shape index (κ1) is 14.1. The summed E-state index contributed by atoms with van der Waals surface area (Å²) < 4.78 is 4.65. The van der Waals surface area contributed by atoms with E-state index >= 15 is 0 Å². The van der Waals surface area contributed by atoms with Crippen LogP contribution in [-0.4, -0.2) is 18.8 Å². The van der Waals surface area contributed by atoms with Crippen molar-refractivity contribution in [3.63, 3.8) is 0 Å². The first-order chi connectivity index (χ1) is 7.84. The first-order valence-corrected chi connectivity index (χ1v) is 6.64. The number of aryl methyl sites for hydroxylation is 1. The van der Waals surface area contributed by atoms with Gasteiger partial charge in [0.15, 0.2) is 0 Å². The molecule has 1 aromatic carbocycles. The topological polar surface area (TPSA) is 26.3 Å². The van der Waals surface area contributed by atoms with Crippen molar-refractivity contribution in [2.24, 2.45) is 0 Å². The highest BCUT2D eigenvalue weighted by molar-refractivity contribution is 8.00. The fourth-order valence-corrected chi connectivity index (χ4v) is 2.31. The molecule has 1 aromatic rings. The molecule has 0 aromatic heterocycles. The number of thioether (sulfide) groups is 1. The van der Waals surface area contributed by atoms with E-state index in [0.717, 1.165) is 4.90 Å². The molecular formula is C14H20O2S. The van der Waals surface area contributed by atoms with Crippen molar-refractivity contribution in [2.75, 3.05) is 12.9 Å². The minimum absolute atomic E-state index is 0.133. The molecule has 0 aliphatic heterocycles. The van der Waals surface area contributed by atoms with Gasteiger partial charge in [0.25, 0.3) is 0 Å². The van der Waals surface area contributed by atoms with Crippen molar-refractivity contribution in [1.82, 2.24) is 0 Å². The van der Waals surface area contributed by atoms with E-state index in [-0.39, 0.29) is 11.4 Å². The van der Waals surface area contributed by atoms with Gasteiger partial charge in [-0.3, -0.25) is 4.79 Å². The second-order valence-corrected chi connectivity index (χ2v) is 6.11. The van der Waals surface area contributed by atoms with Gasteiger partial charge in [0.1, 0.15) is 0 Å². The minimum Gasteiger partial charge on any atom is -0.468 e. The molecule has 0 unspecified atom stereocenters. The Morgan fingerprint density at radius 2 is 2.00 bits per heavy atom. The zero-order valence-electron chi connectivity index (χ0n) is 11.2. The molecule has 0 bridgehead atoms. The second kappa shape index (κ2) is 5.58. The predicted octanol–water partition coefficient (Wildman–Crippen LogP) is 3.56. The Kier molecular flexibility index (Phi) is 4.63. The van der Waals surface area contributed by atoms with Crippen LogP contribution in [0.25, 0.3) is 0 Å². The van der Waals surface area contributed by atoms with E-state index in [4.69, 9.17) is 0 Å². The first-order valence-electron chi connectivity index (χ1n) is 5.65. The predicted molar refractivity (Wildman–Crippen MR) is 72.6 cm³/mol. The number of hydrogen-bond donors (Lipinski definition) is 0. The molecule has 0 radical (unpaired) electrons. The summed E-state index contributed by atoms with van der Waals surface area (Å²) in [7, 11) is 1.42. The largest absolute Gasteiger partial charge is 0.468 e. The van der Waals surface area contributed by atoms with E-state index < -0.39 is 0 Å². The summed E-state index contributed by atoms with van der Waals surface area (Å²) in [6.07, 6.45) is 0. The molecular weight excluding hydrogens is 232 g/mol. The molecule has 0 amide bonds. The molecule has 0 saturated heterocycles. The third kappa shape index (κ3) is 4.08. The summed E-state index contributed by atoms with van der Waals surface area (Å²) in [5.74, 6) is 0.181. The molecule has 1 rings (SSSR count). The molecule has 17 heavy (non-hydrogen) atoms. The van der Waals surface area contributed by atoms with Gasteiger partial charge in [0.05, 0.1) is 12.9 Å². The van der Waals surface area contributed by atoms with Gasteiger partial charge in [0, 0.05) is 4.90 Å². The van der Waals surface area contributed by atoms with Crippen LogP contribution in [-0.2, 0) is 14.9 Å². The zero-order valence-corrected chi connectivity index (χ0v) is 12.0. The molecule has 0 aliphatic rings. The smallest absolute Gasteiger partial charge is 0.315 e. The quantitative estimate of drug-likeness (QED) is 0.608. The van der Waals surface area contributed by atoms with Crippen LogP contribution in [0.3, 0.4) is 0 Å². The van der Waals surface area contributed by atoms with Gasteiger partial charge in [-0.1, -0.05) is 32.9 Å². The lowest BCUT2D eigenvalue weighted by Crippen LogP contribution is -2.11. The highest BCUT2D eigenvalue weighted by Crippen LogP contribution is 2.29. The molecule has 0 saturated carbocycles. The maximum Gasteiger partial charge on any atom is 0.315 e. The summed E-state index contributed by atoms with van der Waals surface area (Å²) in [6, 6.07) is 6.43. The Balaban J connectivity index is 2.88. The molecule has 0 fully saturated rings. The van der Waals surface area contributed by atoms with Crippen molar-refractivity contribution in [2.45, 2.75) is 38.0 Å². The number of rotatable bonds is 3. The van der Waals surface area contributed by atoms with E-state index in [2.05, 4.69) is 50.6 Å². The lowest BCUT2D eigenvalue weighted by molar-refractivity contribution is -0.137. The van der Waals surface area contributed by atoms with E-state index in [9.17, 15) is 4.79 Å². The van der Waals surface area contributed by atoms with Crippen LogP contribution < -0.4 is 0 Å². The SMILES string of the molecule is COC(=O)CSc1cc(C(C)(C)C)ccc1C. The van der Waals surface area contributed by atoms with E-state index in [1.54, 1.807) is 0 Å². The maximum absolute atomic E-state index is 11.1. The molecule has 0 heterocycles. The summed E-state index contributed by atoms with van der Waals surface area (Å²) in [5.41, 5.74) is 2.62. The van der Waals surface area contributed by atoms with Gasteiger partial charge in [-0.2, -0.15) is 0 Å². The lowest BCUT2D eigenvalue weighted by atomic mass is 9.87. The van der Waals surface area contributed by atoms with Crippen LogP contribution >= 0.6 is 11.8 Å². The van der Waals surface area contributed by atoms with Gasteiger partial charge in [0.2, 0.25) is 0 Å². The van der Waals surface area contributed by atoms with Crippen molar-refractivity contribution in [1.29, 1.82) is 0 Å². The Hall–Kier alpha value is -0.960. The fraction of sp³-hybridized carbons (Fsp3) is 0.500. The van der Waals surface area contributed by atoms with Gasteiger partial charge in [-0.25, -0.2) is 0 Å².